The Balaban J connectivity index is 1.38. The van der Waals surface area contributed by atoms with Gasteiger partial charge in [0.25, 0.3) is 0 Å². The van der Waals surface area contributed by atoms with Crippen LogP contribution in [0.2, 0.25) is 0 Å². The van der Waals surface area contributed by atoms with Crippen LogP contribution in [0.3, 0.4) is 0 Å². The second-order valence-corrected chi connectivity index (χ2v) is 8.70. The Labute approximate surface area is 187 Å². The van der Waals surface area contributed by atoms with E-state index in [0.717, 1.165) is 0 Å². The first-order chi connectivity index (χ1) is 15.9. The van der Waals surface area contributed by atoms with Gasteiger partial charge in [0.15, 0.2) is 0 Å². The Morgan fingerprint density at radius 1 is 0.625 bits per heavy atom. The van der Waals surface area contributed by atoms with Crippen molar-refractivity contribution in [3.05, 3.63) is 121 Å². The van der Waals surface area contributed by atoms with Gasteiger partial charge in [0.2, 0.25) is 0 Å². The van der Waals surface area contributed by atoms with Crippen molar-refractivity contribution < 1.29 is 0 Å². The molecule has 0 radical (unpaired) electrons. The number of nitrogens with zero attached hydrogens (tertiary/aromatic N) is 1. The van der Waals surface area contributed by atoms with E-state index in [-0.39, 0.29) is 0 Å². The number of aromatic nitrogens is 1. The van der Waals surface area contributed by atoms with Crippen molar-refractivity contribution in [3.8, 4) is 11.1 Å². The third-order valence-corrected chi connectivity index (χ3v) is 6.92. The summed E-state index contributed by atoms with van der Waals surface area (Å²) in [6.45, 7) is 0. The molecule has 2 aliphatic rings. The molecule has 0 amide bonds. The topological polar surface area (TPSA) is 19.0 Å². The van der Waals surface area contributed by atoms with Crippen LogP contribution >= 0.6 is 0 Å². The van der Waals surface area contributed by atoms with E-state index in [2.05, 4.69) is 125 Å². The highest BCUT2D eigenvalue weighted by Crippen LogP contribution is 2.48. The highest BCUT2D eigenvalue weighted by Gasteiger charge is 2.37. The fourth-order valence-electron chi connectivity index (χ4n) is 5.44. The monoisotopic (exact) mass is 410 g/mol. The van der Waals surface area contributed by atoms with Crippen LogP contribution < -0.4 is 4.90 Å². The van der Waals surface area contributed by atoms with Crippen molar-refractivity contribution in [3.63, 3.8) is 0 Å². The van der Waals surface area contributed by atoms with Crippen LogP contribution in [0.15, 0.2) is 115 Å². The fraction of sp³-hybridized carbons (Fsp3) is 0.0667. The van der Waals surface area contributed by atoms with E-state index in [1.54, 1.807) is 0 Å². The number of aromatic amines is 1. The molecule has 0 spiro atoms. The first-order valence-corrected chi connectivity index (χ1v) is 11.2. The third-order valence-electron chi connectivity index (χ3n) is 6.92. The molecule has 1 aliphatic carbocycles. The molecule has 0 saturated heterocycles. The zero-order valence-electron chi connectivity index (χ0n) is 17.6. The van der Waals surface area contributed by atoms with Crippen LogP contribution in [-0.4, -0.2) is 11.0 Å². The smallest absolute Gasteiger partial charge is 0.0629 e. The molecular formula is C30H22N2. The number of para-hydroxylation sites is 2. The Morgan fingerprint density at radius 3 is 2.31 bits per heavy atom. The van der Waals surface area contributed by atoms with Crippen LogP contribution in [0.1, 0.15) is 11.5 Å². The molecular weight excluding hydrogens is 388 g/mol. The fourth-order valence-corrected chi connectivity index (χ4v) is 5.44. The first-order valence-electron chi connectivity index (χ1n) is 11.2. The molecule has 2 nitrogen and oxygen atoms in total. The van der Waals surface area contributed by atoms with Crippen LogP contribution in [0, 0.1) is 0 Å². The van der Waals surface area contributed by atoms with Crippen molar-refractivity contribution in [2.24, 2.45) is 0 Å². The van der Waals surface area contributed by atoms with E-state index in [1.165, 1.54) is 49.9 Å². The molecule has 2 heteroatoms. The molecule has 5 aromatic rings. The molecule has 2 atom stereocenters. The van der Waals surface area contributed by atoms with E-state index >= 15 is 0 Å². The maximum atomic E-state index is 3.54. The number of anilines is 2. The lowest BCUT2D eigenvalue weighted by molar-refractivity contribution is 0.745. The van der Waals surface area contributed by atoms with Gasteiger partial charge >= 0.3 is 0 Å². The van der Waals surface area contributed by atoms with Crippen molar-refractivity contribution in [2.75, 3.05) is 4.90 Å². The molecule has 0 saturated carbocycles. The number of hydrogen-bond donors (Lipinski definition) is 1. The predicted octanol–water partition coefficient (Wildman–Crippen LogP) is 7.72. The molecule has 2 unspecified atom stereocenters. The Bertz CT molecular complexity index is 1540. The maximum Gasteiger partial charge on any atom is 0.0629 e. The second-order valence-electron chi connectivity index (χ2n) is 8.70. The van der Waals surface area contributed by atoms with E-state index in [1.807, 2.05) is 0 Å². The average Bonchev–Trinajstić information content (AvgIpc) is 3.39. The molecule has 1 aromatic heterocycles. The number of nitrogens with one attached hydrogen (secondary N) is 1. The Kier molecular flexibility index (Phi) is 3.71. The summed E-state index contributed by atoms with van der Waals surface area (Å²) in [7, 11) is 0. The summed E-state index contributed by atoms with van der Waals surface area (Å²) in [5.41, 5.74) is 8.85. The zero-order chi connectivity index (χ0) is 21.1. The van der Waals surface area contributed by atoms with Gasteiger partial charge in [-0.1, -0.05) is 72.8 Å². The molecule has 32 heavy (non-hydrogen) atoms. The zero-order valence-corrected chi connectivity index (χ0v) is 17.6. The van der Waals surface area contributed by atoms with Gasteiger partial charge in [-0.3, -0.25) is 0 Å². The van der Waals surface area contributed by atoms with Gasteiger partial charge in [0.1, 0.15) is 0 Å². The van der Waals surface area contributed by atoms with Gasteiger partial charge in [-0.25, -0.2) is 0 Å². The first kappa shape index (κ1) is 17.6. The lowest BCUT2D eigenvalue weighted by Crippen LogP contribution is -2.28. The molecule has 7 rings (SSSR count). The summed E-state index contributed by atoms with van der Waals surface area (Å²) in [5.74, 6) is 0.368. The summed E-state index contributed by atoms with van der Waals surface area (Å²) < 4.78 is 0. The van der Waals surface area contributed by atoms with Crippen molar-refractivity contribution in [1.82, 2.24) is 4.98 Å². The molecule has 2 heterocycles. The average molecular weight is 411 g/mol. The predicted molar refractivity (Wildman–Crippen MR) is 135 cm³/mol. The lowest BCUT2D eigenvalue weighted by Gasteiger charge is -2.28. The Morgan fingerprint density at radius 2 is 1.38 bits per heavy atom. The third kappa shape index (κ3) is 2.53. The SMILES string of the molecule is C1=CC2c3cc(-c4ccc5[nH]c6ccccc6c5c4)ccc3N(c3ccccc3)C2C=C1. The minimum atomic E-state index is 0.323. The number of benzene rings is 4. The van der Waals surface area contributed by atoms with Gasteiger partial charge in [-0.2, -0.15) is 0 Å². The van der Waals surface area contributed by atoms with Gasteiger partial charge in [0.05, 0.1) is 6.04 Å². The van der Waals surface area contributed by atoms with Crippen molar-refractivity contribution >= 4 is 33.2 Å². The summed E-state index contributed by atoms with van der Waals surface area (Å²) in [5, 5.41) is 2.56. The number of H-pyrrole nitrogens is 1. The molecule has 1 aliphatic heterocycles. The normalized spacial score (nSPS) is 18.9. The summed E-state index contributed by atoms with van der Waals surface area (Å²) in [6, 6.07) is 33.3. The molecule has 1 N–H and O–H groups in total. The van der Waals surface area contributed by atoms with Crippen LogP contribution in [0.4, 0.5) is 11.4 Å². The van der Waals surface area contributed by atoms with E-state index in [0.29, 0.717) is 12.0 Å². The highest BCUT2D eigenvalue weighted by atomic mass is 15.2. The van der Waals surface area contributed by atoms with Crippen molar-refractivity contribution in [2.45, 2.75) is 12.0 Å². The van der Waals surface area contributed by atoms with Crippen LogP contribution in [0.25, 0.3) is 32.9 Å². The quantitative estimate of drug-likeness (QED) is 0.316. The molecule has 152 valence electrons. The van der Waals surface area contributed by atoms with Crippen LogP contribution in [-0.2, 0) is 0 Å². The Hall–Kier alpha value is -4.04. The summed E-state index contributed by atoms with van der Waals surface area (Å²) >= 11 is 0. The summed E-state index contributed by atoms with van der Waals surface area (Å²) in [6.07, 6.45) is 9.04. The van der Waals surface area contributed by atoms with E-state index in [9.17, 15) is 0 Å². The second kappa shape index (κ2) is 6.73. The maximum absolute atomic E-state index is 3.54. The minimum absolute atomic E-state index is 0.323. The number of hydrogen-bond acceptors (Lipinski definition) is 1. The van der Waals surface area contributed by atoms with Gasteiger partial charge < -0.3 is 9.88 Å². The van der Waals surface area contributed by atoms with Gasteiger partial charge in [-0.15, -0.1) is 0 Å². The van der Waals surface area contributed by atoms with Crippen molar-refractivity contribution in [1.29, 1.82) is 0 Å². The highest BCUT2D eigenvalue weighted by molar-refractivity contribution is 6.08. The largest absolute Gasteiger partial charge is 0.355 e. The van der Waals surface area contributed by atoms with E-state index < -0.39 is 0 Å². The van der Waals surface area contributed by atoms with E-state index in [4.69, 9.17) is 0 Å². The number of allylic oxidation sites excluding steroid dienone is 2. The standard InChI is InChI=1S/C30H22N2/c1-2-8-22(9-3-1)32-29-13-7-5-11-24(29)26-19-21(15-17-30(26)32)20-14-16-28-25(18-20)23-10-4-6-12-27(23)31-28/h1-19,24,29,31H. The lowest BCUT2D eigenvalue weighted by atomic mass is 9.89. The number of fused-ring (bicyclic) bond motifs is 6. The number of rotatable bonds is 2. The van der Waals surface area contributed by atoms with Crippen LogP contribution in [0.5, 0.6) is 0 Å². The molecule has 4 aromatic carbocycles. The minimum Gasteiger partial charge on any atom is -0.355 e. The van der Waals surface area contributed by atoms with Gasteiger partial charge in [0, 0.05) is 39.1 Å². The molecule has 0 fully saturated rings. The summed E-state index contributed by atoms with van der Waals surface area (Å²) in [4.78, 5) is 6.01. The molecule has 0 bridgehead atoms. The van der Waals surface area contributed by atoms with Gasteiger partial charge in [-0.05, 0) is 59.2 Å².